The number of fused-ring (bicyclic) bond motifs is 2. The molecule has 6 N–H and O–H groups in total. The molecule has 4 heterocycles. The zero-order valence-corrected chi connectivity index (χ0v) is 34.6. The predicted octanol–water partition coefficient (Wildman–Crippen LogP) is 0.109. The molecule has 4 rings (SSSR count). The Morgan fingerprint density at radius 3 is 2.11 bits per heavy atom. The van der Waals surface area contributed by atoms with Gasteiger partial charge < -0.3 is 78.2 Å². The van der Waals surface area contributed by atoms with E-state index in [2.05, 4.69) is 0 Å². The third-order valence-corrected chi connectivity index (χ3v) is 12.7. The molecule has 0 spiro atoms. The van der Waals surface area contributed by atoms with E-state index < -0.39 is 133 Å². The number of carbonyl (C=O) groups excluding carboxylic acids is 2. The summed E-state index contributed by atoms with van der Waals surface area (Å²) in [5, 5.41) is 68.7. The van der Waals surface area contributed by atoms with Crippen molar-refractivity contribution in [3.63, 3.8) is 0 Å². The highest BCUT2D eigenvalue weighted by Crippen LogP contribution is 2.45. The lowest BCUT2D eigenvalue weighted by molar-refractivity contribution is -0.345. The Kier molecular flexibility index (Phi) is 16.7. The summed E-state index contributed by atoms with van der Waals surface area (Å²) in [5.74, 6) is -5.68. The van der Waals surface area contributed by atoms with E-state index in [0.717, 1.165) is 0 Å². The van der Waals surface area contributed by atoms with Crippen LogP contribution in [-0.2, 0) is 47.5 Å². The molecular formula is C39H69NO16. The van der Waals surface area contributed by atoms with E-state index in [1.807, 2.05) is 0 Å². The summed E-state index contributed by atoms with van der Waals surface area (Å²) >= 11 is 0. The van der Waals surface area contributed by atoms with E-state index in [1.165, 1.54) is 14.2 Å². The van der Waals surface area contributed by atoms with Crippen molar-refractivity contribution in [3.05, 3.63) is 0 Å². The van der Waals surface area contributed by atoms with Crippen LogP contribution in [0.3, 0.4) is 0 Å². The van der Waals surface area contributed by atoms with Gasteiger partial charge in [-0.3, -0.25) is 4.79 Å². The van der Waals surface area contributed by atoms with Crippen LogP contribution in [0, 0.1) is 23.7 Å². The first-order valence-corrected chi connectivity index (χ1v) is 20.0. The van der Waals surface area contributed by atoms with Gasteiger partial charge in [-0.25, -0.2) is 0 Å². The van der Waals surface area contributed by atoms with Crippen LogP contribution in [-0.4, -0.2) is 180 Å². The third kappa shape index (κ3) is 10.3. The lowest BCUT2D eigenvalue weighted by Gasteiger charge is -2.52. The van der Waals surface area contributed by atoms with E-state index >= 15 is 0 Å². The van der Waals surface area contributed by atoms with E-state index in [4.69, 9.17) is 37.9 Å². The first kappa shape index (κ1) is 47.3. The summed E-state index contributed by atoms with van der Waals surface area (Å²) < 4.78 is 48.5. The Bertz CT molecular complexity index is 1260. The van der Waals surface area contributed by atoms with E-state index in [0.29, 0.717) is 6.29 Å². The number of esters is 1. The van der Waals surface area contributed by atoms with Crippen LogP contribution in [0.5, 0.6) is 0 Å². The molecule has 20 atom stereocenters. The van der Waals surface area contributed by atoms with Crippen LogP contribution >= 0.6 is 0 Å². The Hall–Kier alpha value is -1.42. The van der Waals surface area contributed by atoms with Gasteiger partial charge in [0.1, 0.15) is 36.8 Å². The predicted molar refractivity (Wildman–Crippen MR) is 198 cm³/mol. The Labute approximate surface area is 330 Å². The first-order valence-electron chi connectivity index (χ1n) is 20.0. The van der Waals surface area contributed by atoms with Crippen LogP contribution in [0.2, 0.25) is 0 Å². The lowest BCUT2D eigenvalue weighted by atomic mass is 9.73. The smallest absolute Gasteiger partial charge is 0.308 e. The molecule has 0 aromatic heterocycles. The summed E-state index contributed by atoms with van der Waals surface area (Å²) in [4.78, 5) is 27.7. The molecule has 17 nitrogen and oxygen atoms in total. The monoisotopic (exact) mass is 807 g/mol. The molecule has 17 heteroatoms. The minimum atomic E-state index is -1.85. The molecule has 4 aliphatic heterocycles. The average Bonchev–Trinajstić information content (AvgIpc) is 3.13. The van der Waals surface area contributed by atoms with E-state index in [-0.39, 0.29) is 38.7 Å². The van der Waals surface area contributed by atoms with Crippen LogP contribution in [0.4, 0.5) is 0 Å². The maximum Gasteiger partial charge on any atom is 0.308 e. The number of aliphatic hydroxyl groups is 6. The number of hydrogen-bond donors (Lipinski definition) is 6. The van der Waals surface area contributed by atoms with Gasteiger partial charge in [0, 0.05) is 44.8 Å². The van der Waals surface area contributed by atoms with Crippen molar-refractivity contribution in [2.45, 2.75) is 177 Å². The molecule has 0 aliphatic carbocycles. The molecule has 0 amide bonds. The van der Waals surface area contributed by atoms with Crippen molar-refractivity contribution in [2.24, 2.45) is 23.7 Å². The Balaban J connectivity index is 1.71. The second-order valence-electron chi connectivity index (χ2n) is 17.0. The van der Waals surface area contributed by atoms with Gasteiger partial charge >= 0.3 is 5.97 Å². The number of hydrogen-bond acceptors (Lipinski definition) is 17. The van der Waals surface area contributed by atoms with Crippen molar-refractivity contribution in [3.8, 4) is 0 Å². The van der Waals surface area contributed by atoms with Gasteiger partial charge in [-0.2, -0.15) is 0 Å². The molecule has 0 aromatic carbocycles. The first-order chi connectivity index (χ1) is 26.2. The molecule has 326 valence electrons. The Morgan fingerprint density at radius 1 is 0.893 bits per heavy atom. The summed E-state index contributed by atoms with van der Waals surface area (Å²) in [6.45, 7) is 9.93. The molecule has 4 aliphatic rings. The molecular weight excluding hydrogens is 738 g/mol. The number of carbonyl (C=O) groups is 2. The number of rotatable bonds is 11. The Morgan fingerprint density at radius 2 is 1.52 bits per heavy atom. The fraction of sp³-hybridized carbons (Fsp3) is 0.949. The van der Waals surface area contributed by atoms with Gasteiger partial charge in [0.05, 0.1) is 61.3 Å². The maximum absolute atomic E-state index is 13.7. The van der Waals surface area contributed by atoms with Gasteiger partial charge in [-0.1, -0.05) is 20.8 Å². The van der Waals surface area contributed by atoms with Crippen molar-refractivity contribution in [2.75, 3.05) is 34.9 Å². The van der Waals surface area contributed by atoms with Crippen LogP contribution < -0.4 is 0 Å². The van der Waals surface area contributed by atoms with Crippen molar-refractivity contribution < 1.29 is 78.1 Å². The van der Waals surface area contributed by atoms with Crippen LogP contribution in [0.1, 0.15) is 80.1 Å². The van der Waals surface area contributed by atoms with Crippen LogP contribution in [0.25, 0.3) is 0 Å². The minimum Gasteiger partial charge on any atom is -0.462 e. The average molecular weight is 808 g/mol. The fourth-order valence-corrected chi connectivity index (χ4v) is 9.07. The van der Waals surface area contributed by atoms with Crippen LogP contribution in [0.15, 0.2) is 0 Å². The van der Waals surface area contributed by atoms with Crippen molar-refractivity contribution in [1.29, 1.82) is 0 Å². The van der Waals surface area contributed by atoms with E-state index in [1.54, 1.807) is 60.5 Å². The standard InChI is InChI=1S/C39H69NO16/c1-11-26-24(18-51-37-34(50-10)33(49-9)30(45)22(5)53-37)35-38(6,47)13-14-39(48,56-35)19(2)16-23(12-15-41)32(20(3)25(42)17-27(43)54-26)55-36-31(46)28(40(7)8)29(44)21(4)52-36/h15,19-26,28-37,42,44-48H,11-14,16-18H2,1-10H3/t19-,20+,21-,22-,23?,24-,25-,26?,28+,29-,30-,31-,32-,33-,34-,35?,36+,37-,38?,39?/m1/s1. The summed E-state index contributed by atoms with van der Waals surface area (Å²) in [6.07, 6.45) is -12.5. The number of aliphatic hydroxyl groups excluding tert-OH is 4. The van der Waals surface area contributed by atoms with Gasteiger partial charge in [-0.15, -0.1) is 0 Å². The van der Waals surface area contributed by atoms with Gasteiger partial charge in [0.15, 0.2) is 18.4 Å². The van der Waals surface area contributed by atoms with Gasteiger partial charge in [-0.05, 0) is 60.0 Å². The van der Waals surface area contributed by atoms with Gasteiger partial charge in [0.2, 0.25) is 0 Å². The zero-order chi connectivity index (χ0) is 41.9. The largest absolute Gasteiger partial charge is 0.462 e. The third-order valence-electron chi connectivity index (χ3n) is 12.7. The summed E-state index contributed by atoms with van der Waals surface area (Å²) in [5.41, 5.74) is -1.54. The number of ether oxygens (including phenoxy) is 8. The topological polar surface area (TPSA) is 233 Å². The zero-order valence-electron chi connectivity index (χ0n) is 34.6. The highest BCUT2D eigenvalue weighted by Gasteiger charge is 2.55. The van der Waals surface area contributed by atoms with Crippen molar-refractivity contribution in [1.82, 2.24) is 4.90 Å². The normalized spacial score (nSPS) is 48.6. The fourth-order valence-electron chi connectivity index (χ4n) is 9.07. The quantitative estimate of drug-likeness (QED) is 0.120. The molecule has 0 radical (unpaired) electrons. The molecule has 0 aromatic rings. The second-order valence-corrected chi connectivity index (χ2v) is 17.0. The highest BCUT2D eigenvalue weighted by atomic mass is 16.7. The number of likely N-dealkylation sites (N-methyl/N-ethyl adjacent to an activating group) is 1. The number of methoxy groups -OCH3 is 2. The molecule has 5 unspecified atom stereocenters. The number of nitrogens with zero attached hydrogens (tertiary/aromatic N) is 1. The summed E-state index contributed by atoms with van der Waals surface area (Å²) in [6, 6.07) is -0.758. The van der Waals surface area contributed by atoms with Crippen molar-refractivity contribution >= 4 is 12.3 Å². The molecule has 2 bridgehead atoms. The number of aldehydes is 1. The van der Waals surface area contributed by atoms with E-state index in [9.17, 15) is 40.2 Å². The van der Waals surface area contributed by atoms with Gasteiger partial charge in [0.25, 0.3) is 0 Å². The second kappa shape index (κ2) is 19.8. The molecule has 4 fully saturated rings. The maximum atomic E-state index is 13.7. The molecule has 4 saturated heterocycles. The minimum absolute atomic E-state index is 0.0200. The molecule has 0 saturated carbocycles. The number of cyclic esters (lactones) is 1. The lowest BCUT2D eigenvalue weighted by Crippen LogP contribution is -2.63. The highest BCUT2D eigenvalue weighted by molar-refractivity contribution is 5.70. The summed E-state index contributed by atoms with van der Waals surface area (Å²) in [7, 11) is 6.29. The molecule has 56 heavy (non-hydrogen) atoms. The SMILES string of the molecule is CCC1OC(=O)C[C@@H](O)[C@H](C)[C@@H](O[C@@H]2O[C@H](C)[C@@H](O)[C@H](N(C)C)[C@H]2O)C(CC=O)C[C@@H](C)C2(O)CCC(C)(O)C(O2)[C@@H]1CO[C@@H]1O[C@H](C)[C@@H](O)[C@@H](OC)[C@H]1OC.